The Balaban J connectivity index is 1.81. The highest BCUT2D eigenvalue weighted by molar-refractivity contribution is 9.10. The van der Waals surface area contributed by atoms with E-state index in [4.69, 9.17) is 4.74 Å². The number of para-hydroxylation sites is 1. The summed E-state index contributed by atoms with van der Waals surface area (Å²) in [4.78, 5) is 26.6. The van der Waals surface area contributed by atoms with E-state index in [-0.39, 0.29) is 17.1 Å². The molecular weight excluding hydrogens is 442 g/mol. The first kappa shape index (κ1) is 20.6. The van der Waals surface area contributed by atoms with Crippen LogP contribution in [-0.4, -0.2) is 11.7 Å². The summed E-state index contributed by atoms with van der Waals surface area (Å²) in [5.74, 6) is 0.579. The Morgan fingerprint density at radius 2 is 1.73 bits per heavy atom. The molecule has 5 heteroatoms. The largest absolute Gasteiger partial charge is 0.465 e. The van der Waals surface area contributed by atoms with Gasteiger partial charge in [-0.2, -0.15) is 0 Å². The highest BCUT2D eigenvalue weighted by atomic mass is 79.9. The number of carbonyl (C=O) groups excluding carboxylic acids is 2. The molecule has 0 radical (unpaired) electrons. The van der Waals surface area contributed by atoms with Gasteiger partial charge in [0.1, 0.15) is 11.5 Å². The fraction of sp³-hybridized carbons (Fsp3) is 0.280. The van der Waals surface area contributed by atoms with Gasteiger partial charge in [0.2, 0.25) is 0 Å². The number of halogens is 1. The molecule has 0 aromatic heterocycles. The van der Waals surface area contributed by atoms with Crippen LogP contribution in [0.1, 0.15) is 45.1 Å². The molecule has 30 heavy (non-hydrogen) atoms. The van der Waals surface area contributed by atoms with Gasteiger partial charge >= 0.3 is 0 Å². The van der Waals surface area contributed by atoms with E-state index in [1.54, 1.807) is 0 Å². The summed E-state index contributed by atoms with van der Waals surface area (Å²) >= 11 is 3.47. The lowest BCUT2D eigenvalue weighted by Crippen LogP contribution is -2.34. The van der Waals surface area contributed by atoms with E-state index in [0.717, 1.165) is 10.0 Å². The number of amides is 1. The Bertz CT molecular complexity index is 1070. The molecule has 1 unspecified atom stereocenters. The van der Waals surface area contributed by atoms with Crippen molar-refractivity contribution in [3.63, 3.8) is 0 Å². The molecule has 2 aliphatic rings. The van der Waals surface area contributed by atoms with Crippen LogP contribution in [0.5, 0.6) is 0 Å². The fourth-order valence-corrected chi connectivity index (χ4v) is 4.54. The van der Waals surface area contributed by atoms with Gasteiger partial charge in [-0.3, -0.25) is 9.59 Å². The predicted molar refractivity (Wildman–Crippen MR) is 121 cm³/mol. The van der Waals surface area contributed by atoms with Gasteiger partial charge in [0.15, 0.2) is 5.78 Å². The van der Waals surface area contributed by atoms with Crippen molar-refractivity contribution in [1.82, 2.24) is 0 Å². The number of carbonyl (C=O) groups is 2. The van der Waals surface area contributed by atoms with Crippen LogP contribution in [0.15, 0.2) is 81.7 Å². The summed E-state index contributed by atoms with van der Waals surface area (Å²) in [6.45, 7) is 5.95. The van der Waals surface area contributed by atoms with Crippen molar-refractivity contribution in [2.24, 2.45) is 5.41 Å². The second-order valence-corrected chi connectivity index (χ2v) is 9.57. The van der Waals surface area contributed by atoms with Crippen LogP contribution in [0.4, 0.5) is 5.69 Å². The van der Waals surface area contributed by atoms with Crippen LogP contribution in [-0.2, 0) is 14.3 Å². The van der Waals surface area contributed by atoms with Crippen molar-refractivity contribution in [2.75, 3.05) is 5.32 Å². The first-order valence-corrected chi connectivity index (χ1v) is 10.8. The lowest BCUT2D eigenvalue weighted by molar-refractivity contribution is -0.119. The average molecular weight is 466 g/mol. The number of anilines is 1. The summed E-state index contributed by atoms with van der Waals surface area (Å²) in [5.41, 5.74) is 2.53. The monoisotopic (exact) mass is 465 g/mol. The normalized spacial score (nSPS) is 20.5. The minimum Gasteiger partial charge on any atom is -0.465 e. The first-order valence-electron chi connectivity index (χ1n) is 10.0. The van der Waals surface area contributed by atoms with Crippen LogP contribution in [0.2, 0.25) is 0 Å². The molecule has 0 saturated heterocycles. The topological polar surface area (TPSA) is 55.4 Å². The molecule has 0 spiro atoms. The summed E-state index contributed by atoms with van der Waals surface area (Å²) in [6, 6.07) is 17.1. The van der Waals surface area contributed by atoms with Gasteiger partial charge < -0.3 is 10.1 Å². The molecule has 154 valence electrons. The van der Waals surface area contributed by atoms with E-state index in [0.29, 0.717) is 41.2 Å². The maximum absolute atomic E-state index is 13.3. The molecule has 1 aliphatic carbocycles. The quantitative estimate of drug-likeness (QED) is 0.593. The number of allylic oxidation sites excluding steroid dienone is 3. The number of rotatable bonds is 3. The van der Waals surface area contributed by atoms with Gasteiger partial charge in [0, 0.05) is 34.5 Å². The third kappa shape index (κ3) is 3.99. The Labute approximate surface area is 185 Å². The van der Waals surface area contributed by atoms with Crippen molar-refractivity contribution in [3.05, 3.63) is 87.3 Å². The molecule has 2 aromatic carbocycles. The SMILES string of the molecule is CC1=C(C(=O)Nc2ccccc2)C(c2ccc(Br)cc2)C2=C(CC(C)(C)CC2=O)O1. The fourth-order valence-electron chi connectivity index (χ4n) is 4.28. The van der Waals surface area contributed by atoms with E-state index in [1.807, 2.05) is 61.5 Å². The van der Waals surface area contributed by atoms with Crippen LogP contribution in [0, 0.1) is 5.41 Å². The van der Waals surface area contributed by atoms with Crippen molar-refractivity contribution < 1.29 is 14.3 Å². The molecule has 1 amide bonds. The molecular formula is C25H24BrNO3. The third-order valence-electron chi connectivity index (χ3n) is 5.59. The second kappa shape index (κ2) is 7.88. The highest BCUT2D eigenvalue weighted by Gasteiger charge is 2.44. The number of ketones is 1. The number of ether oxygens (including phenoxy) is 1. The van der Waals surface area contributed by atoms with E-state index in [9.17, 15) is 9.59 Å². The van der Waals surface area contributed by atoms with Crippen LogP contribution < -0.4 is 5.32 Å². The molecule has 0 fully saturated rings. The second-order valence-electron chi connectivity index (χ2n) is 8.65. The Morgan fingerprint density at radius 3 is 2.40 bits per heavy atom. The van der Waals surface area contributed by atoms with Gasteiger partial charge in [0.25, 0.3) is 5.91 Å². The summed E-state index contributed by atoms with van der Waals surface area (Å²) in [7, 11) is 0. The summed E-state index contributed by atoms with van der Waals surface area (Å²) in [5, 5.41) is 2.96. The molecule has 0 bridgehead atoms. The van der Waals surface area contributed by atoms with Crippen molar-refractivity contribution in [1.29, 1.82) is 0 Å². The van der Waals surface area contributed by atoms with E-state index in [1.165, 1.54) is 0 Å². The Kier molecular flexibility index (Phi) is 5.41. The van der Waals surface area contributed by atoms with Crippen molar-refractivity contribution in [2.45, 2.75) is 39.5 Å². The minimum atomic E-state index is -0.450. The lowest BCUT2D eigenvalue weighted by atomic mass is 9.69. The smallest absolute Gasteiger partial charge is 0.255 e. The maximum atomic E-state index is 13.3. The number of Topliss-reactive ketones (excluding diaryl/α,β-unsaturated/α-hetero) is 1. The molecule has 4 nitrogen and oxygen atoms in total. The number of nitrogens with one attached hydrogen (secondary N) is 1. The number of hydrogen-bond donors (Lipinski definition) is 1. The molecule has 4 rings (SSSR count). The summed E-state index contributed by atoms with van der Waals surface area (Å²) in [6.07, 6.45) is 1.11. The number of benzene rings is 2. The average Bonchev–Trinajstić information content (AvgIpc) is 2.67. The molecule has 1 atom stereocenters. The zero-order chi connectivity index (χ0) is 21.5. The Hall–Kier alpha value is -2.66. The zero-order valence-electron chi connectivity index (χ0n) is 17.3. The van der Waals surface area contributed by atoms with Crippen LogP contribution >= 0.6 is 15.9 Å². The van der Waals surface area contributed by atoms with Gasteiger partial charge in [-0.05, 0) is 42.2 Å². The molecule has 2 aromatic rings. The zero-order valence-corrected chi connectivity index (χ0v) is 18.9. The van der Waals surface area contributed by atoms with E-state index >= 15 is 0 Å². The first-order chi connectivity index (χ1) is 14.2. The van der Waals surface area contributed by atoms with E-state index in [2.05, 4.69) is 35.1 Å². The lowest BCUT2D eigenvalue weighted by Gasteiger charge is -2.38. The standard InChI is InChI=1S/C25H24BrNO3/c1-15-21(24(29)27-18-7-5-4-6-8-18)22(16-9-11-17(26)12-10-16)23-19(28)13-25(2,3)14-20(23)30-15/h4-12,22H,13-14H2,1-3H3,(H,27,29). The van der Waals surface area contributed by atoms with Gasteiger partial charge in [-0.15, -0.1) is 0 Å². The maximum Gasteiger partial charge on any atom is 0.255 e. The molecule has 1 N–H and O–H groups in total. The molecule has 1 aliphatic heterocycles. The molecule has 0 saturated carbocycles. The Morgan fingerprint density at radius 1 is 1.07 bits per heavy atom. The summed E-state index contributed by atoms with van der Waals surface area (Å²) < 4.78 is 7.06. The van der Waals surface area contributed by atoms with Gasteiger partial charge in [-0.25, -0.2) is 0 Å². The predicted octanol–water partition coefficient (Wildman–Crippen LogP) is 6.12. The van der Waals surface area contributed by atoms with Crippen LogP contribution in [0.3, 0.4) is 0 Å². The van der Waals surface area contributed by atoms with E-state index < -0.39 is 5.92 Å². The van der Waals surface area contributed by atoms with Gasteiger partial charge in [0.05, 0.1) is 5.57 Å². The van der Waals surface area contributed by atoms with Crippen molar-refractivity contribution in [3.8, 4) is 0 Å². The van der Waals surface area contributed by atoms with Crippen LogP contribution in [0.25, 0.3) is 0 Å². The highest BCUT2D eigenvalue weighted by Crippen LogP contribution is 2.49. The third-order valence-corrected chi connectivity index (χ3v) is 6.12. The minimum absolute atomic E-state index is 0.0479. The number of hydrogen-bond acceptors (Lipinski definition) is 3. The van der Waals surface area contributed by atoms with Crippen molar-refractivity contribution >= 4 is 33.3 Å². The molecule has 1 heterocycles. The van der Waals surface area contributed by atoms with Gasteiger partial charge in [-0.1, -0.05) is 60.1 Å².